The predicted octanol–water partition coefficient (Wildman–Crippen LogP) is 3.20. The number of aliphatic hydroxyl groups is 3. The Morgan fingerprint density at radius 2 is 1.20 bits per heavy atom. The first-order valence-electron chi connectivity index (χ1n) is 17.2. The van der Waals surface area contributed by atoms with E-state index >= 15 is 0 Å². The third-order valence-electron chi connectivity index (χ3n) is 7.50. The Morgan fingerprint density at radius 3 is 1.76 bits per heavy atom. The van der Waals surface area contributed by atoms with Gasteiger partial charge in [0.25, 0.3) is 0 Å². The van der Waals surface area contributed by atoms with Crippen LogP contribution in [-0.2, 0) is 42.7 Å². The zero-order chi connectivity index (χ0) is 33.1. The number of carbonyl (C=O) groups excluding carboxylic acids is 1. The number of carbonyl (C=O) groups is 1. The summed E-state index contributed by atoms with van der Waals surface area (Å²) >= 11 is 0. The minimum absolute atomic E-state index is 0.0210. The van der Waals surface area contributed by atoms with Crippen LogP contribution in [0.5, 0.6) is 0 Å². The van der Waals surface area contributed by atoms with Crippen LogP contribution < -0.4 is 0 Å². The van der Waals surface area contributed by atoms with E-state index in [0.717, 1.165) is 19.3 Å². The van der Waals surface area contributed by atoms with Gasteiger partial charge in [0, 0.05) is 6.42 Å². The van der Waals surface area contributed by atoms with Gasteiger partial charge in [0.1, 0.15) is 31.0 Å². The van der Waals surface area contributed by atoms with Crippen LogP contribution in [0.3, 0.4) is 0 Å². The summed E-state index contributed by atoms with van der Waals surface area (Å²) in [6.45, 7) is 9.00. The summed E-state index contributed by atoms with van der Waals surface area (Å²) in [5.74, 6) is -0.278. The summed E-state index contributed by atoms with van der Waals surface area (Å²) in [4.78, 5) is 12.7. The summed E-state index contributed by atoms with van der Waals surface area (Å²) in [5, 5.41) is 27.3. The van der Waals surface area contributed by atoms with Gasteiger partial charge in [0.05, 0.1) is 84.4 Å². The molecule has 0 aliphatic carbocycles. The van der Waals surface area contributed by atoms with Crippen molar-refractivity contribution < 1.29 is 58.0 Å². The van der Waals surface area contributed by atoms with Gasteiger partial charge >= 0.3 is 5.97 Å². The van der Waals surface area contributed by atoms with E-state index in [-0.39, 0.29) is 97.0 Å². The smallest absolute Gasteiger partial charge is 0.305 e. The highest BCUT2D eigenvalue weighted by atomic mass is 16.6. The standard InChI is InChI=1S/C33H64O12/c1-5-6-7-8-9-10-11-12-13-14-31(37)43-24-29(41-21-26(2)38-18-15-34)33-32(44-23-28(4)40-20-17-36)30(25-45-33)42-22-27(3)39-19-16-35/h26-30,32-36H,5-25H2,1-4H3/t26?,27?,28?,29-,30+,32-,33-/m1/s1. The van der Waals surface area contributed by atoms with Gasteiger partial charge in [-0.3, -0.25) is 4.79 Å². The Balaban J connectivity index is 2.80. The van der Waals surface area contributed by atoms with Crippen LogP contribution in [-0.4, -0.2) is 137 Å². The van der Waals surface area contributed by atoms with E-state index in [1.54, 1.807) is 0 Å². The Kier molecular flexibility index (Phi) is 26.3. The molecule has 0 amide bonds. The maximum Gasteiger partial charge on any atom is 0.305 e. The Morgan fingerprint density at radius 1 is 0.689 bits per heavy atom. The van der Waals surface area contributed by atoms with Crippen LogP contribution >= 0.6 is 0 Å². The summed E-state index contributed by atoms with van der Waals surface area (Å²) in [6.07, 6.45) is 7.72. The molecule has 3 N–H and O–H groups in total. The fraction of sp³-hybridized carbons (Fsp3) is 0.970. The zero-order valence-electron chi connectivity index (χ0n) is 28.4. The maximum atomic E-state index is 12.7. The SMILES string of the molecule is CCCCCCCCCCCC(=O)OC[C@@H](OCC(C)OCCO)[C@H]1OC[C@H](OCC(C)OCCO)[C@H]1OCC(C)OCCO. The van der Waals surface area contributed by atoms with Crippen molar-refractivity contribution in [3.63, 3.8) is 0 Å². The van der Waals surface area contributed by atoms with E-state index in [9.17, 15) is 4.79 Å². The first kappa shape index (κ1) is 42.1. The van der Waals surface area contributed by atoms with Crippen LogP contribution in [0.15, 0.2) is 0 Å². The molecule has 0 radical (unpaired) electrons. The second-order valence-electron chi connectivity index (χ2n) is 11.8. The molecule has 0 saturated carbocycles. The van der Waals surface area contributed by atoms with Crippen molar-refractivity contribution in [1.82, 2.24) is 0 Å². The van der Waals surface area contributed by atoms with Crippen molar-refractivity contribution in [2.24, 2.45) is 0 Å². The molecule has 1 saturated heterocycles. The Labute approximate surface area is 271 Å². The van der Waals surface area contributed by atoms with Crippen molar-refractivity contribution in [2.75, 3.05) is 72.7 Å². The topological polar surface area (TPSA) is 152 Å². The molecular weight excluding hydrogens is 588 g/mol. The van der Waals surface area contributed by atoms with Crippen LogP contribution in [0, 0.1) is 0 Å². The maximum absolute atomic E-state index is 12.7. The molecule has 1 aliphatic rings. The number of rotatable bonds is 31. The molecule has 0 bridgehead atoms. The first-order chi connectivity index (χ1) is 21.9. The van der Waals surface area contributed by atoms with Gasteiger partial charge < -0.3 is 53.2 Å². The first-order valence-corrected chi connectivity index (χ1v) is 17.2. The molecule has 0 aromatic carbocycles. The van der Waals surface area contributed by atoms with E-state index in [4.69, 9.17) is 53.2 Å². The van der Waals surface area contributed by atoms with Gasteiger partial charge in [-0.15, -0.1) is 0 Å². The van der Waals surface area contributed by atoms with Gasteiger partial charge in [-0.1, -0.05) is 58.3 Å². The van der Waals surface area contributed by atoms with Crippen LogP contribution in [0.1, 0.15) is 91.9 Å². The molecule has 268 valence electrons. The van der Waals surface area contributed by atoms with Gasteiger partial charge in [-0.05, 0) is 27.2 Å². The monoisotopic (exact) mass is 652 g/mol. The molecular formula is C33H64O12. The van der Waals surface area contributed by atoms with Gasteiger partial charge in [0.2, 0.25) is 0 Å². The van der Waals surface area contributed by atoms with E-state index < -0.39 is 24.4 Å². The second-order valence-corrected chi connectivity index (χ2v) is 11.8. The number of hydrogen-bond acceptors (Lipinski definition) is 12. The molecule has 12 heteroatoms. The molecule has 1 aliphatic heterocycles. The molecule has 12 nitrogen and oxygen atoms in total. The van der Waals surface area contributed by atoms with Gasteiger partial charge in [-0.25, -0.2) is 0 Å². The van der Waals surface area contributed by atoms with Gasteiger partial charge in [0.15, 0.2) is 0 Å². The molecule has 1 fully saturated rings. The van der Waals surface area contributed by atoms with Crippen molar-refractivity contribution in [3.05, 3.63) is 0 Å². The fourth-order valence-electron chi connectivity index (χ4n) is 5.01. The van der Waals surface area contributed by atoms with Crippen LogP contribution in [0.4, 0.5) is 0 Å². The second kappa shape index (κ2) is 28.1. The highest BCUT2D eigenvalue weighted by molar-refractivity contribution is 5.69. The molecule has 1 heterocycles. The number of ether oxygens (including phenoxy) is 8. The Bertz CT molecular complexity index is 684. The molecule has 7 atom stereocenters. The van der Waals surface area contributed by atoms with Crippen molar-refractivity contribution in [2.45, 2.75) is 135 Å². The average Bonchev–Trinajstić information content (AvgIpc) is 3.44. The Hall–Kier alpha value is -0.930. The summed E-state index contributed by atoms with van der Waals surface area (Å²) in [7, 11) is 0. The van der Waals surface area contributed by atoms with E-state index in [1.807, 2.05) is 20.8 Å². The lowest BCUT2D eigenvalue weighted by molar-refractivity contribution is -0.165. The van der Waals surface area contributed by atoms with E-state index in [2.05, 4.69) is 6.92 Å². The van der Waals surface area contributed by atoms with Crippen molar-refractivity contribution in [3.8, 4) is 0 Å². The quantitative estimate of drug-likeness (QED) is 0.0745. The predicted molar refractivity (Wildman–Crippen MR) is 169 cm³/mol. The molecule has 0 aromatic rings. The minimum atomic E-state index is -0.660. The summed E-state index contributed by atoms with van der Waals surface area (Å²) < 4.78 is 47.1. The fourth-order valence-corrected chi connectivity index (χ4v) is 5.01. The van der Waals surface area contributed by atoms with Crippen LogP contribution in [0.2, 0.25) is 0 Å². The normalized spacial score (nSPS) is 21.1. The highest BCUT2D eigenvalue weighted by Gasteiger charge is 2.45. The third kappa shape index (κ3) is 20.8. The lowest BCUT2D eigenvalue weighted by Crippen LogP contribution is -2.47. The largest absolute Gasteiger partial charge is 0.463 e. The zero-order valence-corrected chi connectivity index (χ0v) is 28.4. The lowest BCUT2D eigenvalue weighted by atomic mass is 10.1. The average molecular weight is 653 g/mol. The summed E-state index contributed by atoms with van der Waals surface area (Å²) in [6, 6.07) is 0. The van der Waals surface area contributed by atoms with E-state index in [0.29, 0.717) is 6.42 Å². The summed E-state index contributed by atoms with van der Waals surface area (Å²) in [5.41, 5.74) is 0. The molecule has 45 heavy (non-hydrogen) atoms. The minimum Gasteiger partial charge on any atom is -0.463 e. The number of unbranched alkanes of at least 4 members (excludes halogenated alkanes) is 8. The molecule has 0 spiro atoms. The highest BCUT2D eigenvalue weighted by Crippen LogP contribution is 2.26. The molecule has 1 rings (SSSR count). The van der Waals surface area contributed by atoms with Crippen molar-refractivity contribution in [1.29, 1.82) is 0 Å². The number of esters is 1. The third-order valence-corrected chi connectivity index (χ3v) is 7.50. The number of hydrogen-bond donors (Lipinski definition) is 3. The molecule has 0 aromatic heterocycles. The number of aliphatic hydroxyl groups excluding tert-OH is 3. The molecule has 3 unspecified atom stereocenters. The lowest BCUT2D eigenvalue weighted by Gasteiger charge is -2.31. The van der Waals surface area contributed by atoms with Crippen LogP contribution in [0.25, 0.3) is 0 Å². The van der Waals surface area contributed by atoms with Gasteiger partial charge in [-0.2, -0.15) is 0 Å². The van der Waals surface area contributed by atoms with E-state index in [1.165, 1.54) is 38.5 Å². The van der Waals surface area contributed by atoms with Crippen molar-refractivity contribution >= 4 is 5.97 Å².